The summed E-state index contributed by atoms with van der Waals surface area (Å²) >= 11 is 0. The van der Waals surface area contributed by atoms with Crippen molar-refractivity contribution in [3.8, 4) is 5.75 Å². The third kappa shape index (κ3) is 7.06. The Kier molecular flexibility index (Phi) is 9.42. The number of hydrogen-bond donors (Lipinski definition) is 1. The molecule has 1 aliphatic carbocycles. The van der Waals surface area contributed by atoms with Crippen molar-refractivity contribution < 1.29 is 9.53 Å². The predicted octanol–water partition coefficient (Wildman–Crippen LogP) is 5.72. The minimum Gasteiger partial charge on any atom is -0.496 e. The van der Waals surface area contributed by atoms with Gasteiger partial charge in [0.2, 0.25) is 5.91 Å². The van der Waals surface area contributed by atoms with E-state index < -0.39 is 0 Å². The van der Waals surface area contributed by atoms with Gasteiger partial charge in [-0.05, 0) is 43.5 Å². The first-order chi connectivity index (χ1) is 11.1. The van der Waals surface area contributed by atoms with Gasteiger partial charge in [0.25, 0.3) is 0 Å². The standard InChI is InChI=1S/C14H19NO2.C6H14/c1-10-9-12(7-8-13(10)17-2)15-14(16)11-5-3-4-6-11;1-3-5-6-4-2/h7-9,11H,3-6H2,1-2H3,(H,15,16);3-6H2,1-2H3. The molecule has 2 rings (SSSR count). The third-order valence-electron chi connectivity index (χ3n) is 4.35. The summed E-state index contributed by atoms with van der Waals surface area (Å²) < 4.78 is 5.19. The average Bonchev–Trinajstić information content (AvgIpc) is 3.08. The van der Waals surface area contributed by atoms with Crippen molar-refractivity contribution >= 4 is 11.6 Å². The first-order valence-electron chi connectivity index (χ1n) is 9.07. The normalized spacial score (nSPS) is 14.1. The third-order valence-corrected chi connectivity index (χ3v) is 4.35. The van der Waals surface area contributed by atoms with E-state index in [1.807, 2.05) is 25.1 Å². The van der Waals surface area contributed by atoms with Gasteiger partial charge in [-0.15, -0.1) is 0 Å². The minimum absolute atomic E-state index is 0.159. The largest absolute Gasteiger partial charge is 0.496 e. The second kappa shape index (κ2) is 11.1. The Hall–Kier alpha value is -1.51. The summed E-state index contributed by atoms with van der Waals surface area (Å²) in [5.41, 5.74) is 1.90. The summed E-state index contributed by atoms with van der Waals surface area (Å²) in [5, 5.41) is 2.98. The van der Waals surface area contributed by atoms with Gasteiger partial charge in [0.1, 0.15) is 5.75 Å². The van der Waals surface area contributed by atoms with E-state index >= 15 is 0 Å². The maximum Gasteiger partial charge on any atom is 0.227 e. The van der Waals surface area contributed by atoms with Crippen molar-refractivity contribution in [1.29, 1.82) is 0 Å². The van der Waals surface area contributed by atoms with Crippen LogP contribution >= 0.6 is 0 Å². The fourth-order valence-corrected chi connectivity index (χ4v) is 2.89. The molecule has 1 aliphatic rings. The first-order valence-corrected chi connectivity index (χ1v) is 9.07. The maximum atomic E-state index is 11.9. The number of ether oxygens (including phenoxy) is 1. The smallest absolute Gasteiger partial charge is 0.227 e. The van der Waals surface area contributed by atoms with Crippen molar-refractivity contribution in [1.82, 2.24) is 0 Å². The van der Waals surface area contributed by atoms with Gasteiger partial charge in [-0.1, -0.05) is 52.4 Å². The van der Waals surface area contributed by atoms with E-state index in [4.69, 9.17) is 4.74 Å². The molecule has 0 atom stereocenters. The SMILES string of the molecule is CCCCCC.COc1ccc(NC(=O)C2CCCC2)cc1C. The number of hydrogen-bond acceptors (Lipinski definition) is 2. The topological polar surface area (TPSA) is 38.3 Å². The molecule has 130 valence electrons. The van der Waals surface area contributed by atoms with Crippen molar-refractivity contribution in [3.05, 3.63) is 23.8 Å². The highest BCUT2D eigenvalue weighted by Gasteiger charge is 2.22. The maximum absolute atomic E-state index is 11.9. The predicted molar refractivity (Wildman–Crippen MR) is 98.1 cm³/mol. The van der Waals surface area contributed by atoms with Gasteiger partial charge in [0.05, 0.1) is 7.11 Å². The van der Waals surface area contributed by atoms with E-state index in [2.05, 4.69) is 19.2 Å². The molecule has 1 saturated carbocycles. The molecular formula is C20H33NO2. The lowest BCUT2D eigenvalue weighted by Gasteiger charge is -2.12. The molecule has 1 N–H and O–H groups in total. The highest BCUT2D eigenvalue weighted by atomic mass is 16.5. The molecule has 0 bridgehead atoms. The fraction of sp³-hybridized carbons (Fsp3) is 0.650. The number of benzene rings is 1. The zero-order chi connectivity index (χ0) is 17.1. The van der Waals surface area contributed by atoms with Gasteiger partial charge in [-0.25, -0.2) is 0 Å². The lowest BCUT2D eigenvalue weighted by molar-refractivity contribution is -0.119. The number of unbranched alkanes of at least 4 members (excludes halogenated alkanes) is 3. The number of amides is 1. The van der Waals surface area contributed by atoms with Crippen LogP contribution in [0.2, 0.25) is 0 Å². The van der Waals surface area contributed by atoms with Crippen LogP contribution in [0.4, 0.5) is 5.69 Å². The van der Waals surface area contributed by atoms with Crippen LogP contribution in [0, 0.1) is 12.8 Å². The second-order valence-electron chi connectivity index (χ2n) is 6.36. The number of methoxy groups -OCH3 is 1. The van der Waals surface area contributed by atoms with Crippen LogP contribution in [0.1, 0.15) is 70.8 Å². The van der Waals surface area contributed by atoms with E-state index in [9.17, 15) is 4.79 Å². The number of anilines is 1. The highest BCUT2D eigenvalue weighted by Crippen LogP contribution is 2.27. The van der Waals surface area contributed by atoms with Gasteiger partial charge in [0.15, 0.2) is 0 Å². The van der Waals surface area contributed by atoms with E-state index in [1.165, 1.54) is 38.5 Å². The molecule has 0 radical (unpaired) electrons. The summed E-state index contributed by atoms with van der Waals surface area (Å²) in [4.78, 5) is 11.9. The Labute approximate surface area is 141 Å². The molecule has 0 saturated heterocycles. The van der Waals surface area contributed by atoms with Crippen LogP contribution in [0.25, 0.3) is 0 Å². The van der Waals surface area contributed by atoms with E-state index in [1.54, 1.807) is 7.11 Å². The van der Waals surface area contributed by atoms with Gasteiger partial charge < -0.3 is 10.1 Å². The molecule has 0 spiro atoms. The Morgan fingerprint density at radius 1 is 1.17 bits per heavy atom. The molecule has 3 heteroatoms. The molecule has 1 aromatic rings. The Morgan fingerprint density at radius 3 is 2.26 bits per heavy atom. The number of rotatable bonds is 6. The van der Waals surface area contributed by atoms with Gasteiger partial charge >= 0.3 is 0 Å². The zero-order valence-corrected chi connectivity index (χ0v) is 15.3. The summed E-state index contributed by atoms with van der Waals surface area (Å²) in [7, 11) is 1.65. The summed E-state index contributed by atoms with van der Waals surface area (Å²) in [6.07, 6.45) is 9.95. The van der Waals surface area contributed by atoms with Crippen molar-refractivity contribution in [2.45, 2.75) is 72.1 Å². The molecule has 1 fully saturated rings. The van der Waals surface area contributed by atoms with E-state index in [0.29, 0.717) is 0 Å². The fourth-order valence-electron chi connectivity index (χ4n) is 2.89. The van der Waals surface area contributed by atoms with Gasteiger partial charge in [-0.3, -0.25) is 4.79 Å². The van der Waals surface area contributed by atoms with Crippen LogP contribution in [0.15, 0.2) is 18.2 Å². The monoisotopic (exact) mass is 319 g/mol. The number of aryl methyl sites for hydroxylation is 1. The van der Waals surface area contributed by atoms with Crippen LogP contribution in [0.5, 0.6) is 5.75 Å². The average molecular weight is 319 g/mol. The van der Waals surface area contributed by atoms with E-state index in [0.717, 1.165) is 29.8 Å². The van der Waals surface area contributed by atoms with Crippen LogP contribution < -0.4 is 10.1 Å². The lowest BCUT2D eigenvalue weighted by atomic mass is 10.1. The van der Waals surface area contributed by atoms with Crippen molar-refractivity contribution in [3.63, 3.8) is 0 Å². The summed E-state index contributed by atoms with van der Waals surface area (Å²) in [5.74, 6) is 1.22. The Bertz CT molecular complexity index is 461. The summed E-state index contributed by atoms with van der Waals surface area (Å²) in [6.45, 7) is 6.44. The molecule has 0 heterocycles. The number of nitrogens with one attached hydrogen (secondary N) is 1. The van der Waals surface area contributed by atoms with Gasteiger partial charge in [-0.2, -0.15) is 0 Å². The molecule has 23 heavy (non-hydrogen) atoms. The highest BCUT2D eigenvalue weighted by molar-refractivity contribution is 5.92. The van der Waals surface area contributed by atoms with Crippen molar-refractivity contribution in [2.24, 2.45) is 5.92 Å². The molecule has 0 aliphatic heterocycles. The number of carbonyl (C=O) groups is 1. The van der Waals surface area contributed by atoms with Crippen molar-refractivity contribution in [2.75, 3.05) is 12.4 Å². The molecule has 1 amide bonds. The van der Waals surface area contributed by atoms with Crippen LogP contribution in [0.3, 0.4) is 0 Å². The van der Waals surface area contributed by atoms with Gasteiger partial charge in [0, 0.05) is 11.6 Å². The molecular weight excluding hydrogens is 286 g/mol. The Balaban J connectivity index is 0.000000379. The molecule has 1 aromatic carbocycles. The number of carbonyl (C=O) groups excluding carboxylic acids is 1. The Morgan fingerprint density at radius 2 is 1.78 bits per heavy atom. The molecule has 0 unspecified atom stereocenters. The summed E-state index contributed by atoms with van der Waals surface area (Å²) in [6, 6.07) is 5.73. The molecule has 3 nitrogen and oxygen atoms in total. The van der Waals surface area contributed by atoms with E-state index in [-0.39, 0.29) is 11.8 Å². The molecule has 0 aromatic heterocycles. The second-order valence-corrected chi connectivity index (χ2v) is 6.36. The lowest BCUT2D eigenvalue weighted by Crippen LogP contribution is -2.20. The first kappa shape index (κ1) is 19.5. The van der Waals surface area contributed by atoms with Crippen LogP contribution in [-0.2, 0) is 4.79 Å². The zero-order valence-electron chi connectivity index (χ0n) is 15.3. The minimum atomic E-state index is 0.159. The van der Waals surface area contributed by atoms with Crippen LogP contribution in [-0.4, -0.2) is 13.0 Å². The quantitative estimate of drug-likeness (QED) is 0.681.